The molecule has 1 aliphatic carbocycles. The summed E-state index contributed by atoms with van der Waals surface area (Å²) in [4.78, 5) is 5.72. The van der Waals surface area contributed by atoms with Crippen molar-refractivity contribution < 1.29 is 0 Å². The Labute approximate surface area is 243 Å². The molecule has 5 rings (SSSR count). The van der Waals surface area contributed by atoms with E-state index in [0.717, 1.165) is 0 Å². The van der Waals surface area contributed by atoms with Gasteiger partial charge in [0, 0.05) is 107 Å². The number of rotatable bonds is 4. The third-order valence-electron chi connectivity index (χ3n) is 4.13. The number of hydrogen-bond donors (Lipinski definition) is 0. The van der Waals surface area contributed by atoms with Crippen molar-refractivity contribution in [3.8, 4) is 41.8 Å². The highest BCUT2D eigenvalue weighted by molar-refractivity contribution is 14.2. The van der Waals surface area contributed by atoms with Gasteiger partial charge in [-0.2, -0.15) is 0 Å². The summed E-state index contributed by atoms with van der Waals surface area (Å²) in [6.45, 7) is 0. The highest BCUT2D eigenvalue weighted by Gasteiger charge is 2.29. The van der Waals surface area contributed by atoms with Crippen LogP contribution in [0.15, 0.2) is 41.1 Å². The predicted molar refractivity (Wildman–Crippen MR) is 173 cm³/mol. The first-order valence-corrected chi connectivity index (χ1v) is 24.1. The van der Waals surface area contributed by atoms with Crippen LogP contribution < -0.4 is 0 Å². The molecule has 0 unspecified atom stereocenters. The van der Waals surface area contributed by atoms with Crippen LogP contribution in [0.25, 0.3) is 41.8 Å². The first-order valence-electron chi connectivity index (χ1n) is 7.38. The Morgan fingerprint density at radius 2 is 0.643 bits per heavy atom. The highest BCUT2D eigenvalue weighted by atomic mass is 127. The second kappa shape index (κ2) is 9.77. The first kappa shape index (κ1) is 22.9. The van der Waals surface area contributed by atoms with Gasteiger partial charge in [-0.3, -0.25) is 0 Å². The van der Waals surface area contributed by atoms with Crippen molar-refractivity contribution in [2.24, 2.45) is 0 Å². The Morgan fingerprint density at radius 1 is 0.429 bits per heavy atom. The Hall–Kier alpha value is 3.12. The molecule has 4 aromatic rings. The first-order chi connectivity index (χ1) is 13.7. The van der Waals surface area contributed by atoms with Gasteiger partial charge in [-0.1, -0.05) is 0 Å². The minimum Gasteiger partial charge on any atom is -0.126 e. The van der Waals surface area contributed by atoms with E-state index in [1.807, 2.05) is 81.1 Å². The van der Waals surface area contributed by atoms with Crippen molar-refractivity contribution in [2.45, 2.75) is 16.8 Å². The maximum absolute atomic E-state index is 2.41. The van der Waals surface area contributed by atoms with E-state index in [0.29, 0.717) is 0 Å². The largest absolute Gasteiger partial charge is 0.126 e. The molecule has 144 valence electrons. The van der Waals surface area contributed by atoms with Crippen LogP contribution in [0.1, 0.15) is 0 Å². The summed E-state index contributed by atoms with van der Waals surface area (Å²) >= 11 is 17.4. The molecule has 4 heterocycles. The molecule has 0 saturated heterocycles. The molecule has 0 nitrogen and oxygen atoms in total. The molecule has 1 aliphatic rings. The van der Waals surface area contributed by atoms with Gasteiger partial charge < -0.3 is 0 Å². The molecular weight excluding hydrogens is 956 g/mol. The van der Waals surface area contributed by atoms with Gasteiger partial charge >= 0.3 is 0 Å². The Kier molecular flexibility index (Phi) is 7.99. The van der Waals surface area contributed by atoms with E-state index >= 15 is 0 Å². The summed E-state index contributed by atoms with van der Waals surface area (Å²) in [5.74, 6) is 0. The second-order valence-electron chi connectivity index (χ2n) is 5.54. The van der Waals surface area contributed by atoms with Crippen molar-refractivity contribution in [2.75, 3.05) is 0 Å². The maximum atomic E-state index is 2.41. The fraction of sp³-hybridized carbons (Fsp3) is 0. The van der Waals surface area contributed by atoms with E-state index in [1.165, 1.54) is 58.6 Å². The third kappa shape index (κ3) is 4.08. The molecule has 0 N–H and O–H groups in total. The van der Waals surface area contributed by atoms with Crippen LogP contribution in [0.2, 0.25) is 0 Å². The smallest absolute Gasteiger partial charge is 0.0715 e. The van der Waals surface area contributed by atoms with Gasteiger partial charge in [0.25, 0.3) is 0 Å². The number of thiophene rings is 4. The van der Waals surface area contributed by atoms with Crippen LogP contribution in [0.4, 0.5) is 0 Å². The molecular formula is C16H4I4S8. The van der Waals surface area contributed by atoms with Gasteiger partial charge in [0.15, 0.2) is 0 Å². The summed E-state index contributed by atoms with van der Waals surface area (Å²) in [6, 6.07) is 9.60. The molecule has 0 radical (unpaired) electrons. The lowest BCUT2D eigenvalue weighted by molar-refractivity contribution is 1.65. The molecule has 0 saturated carbocycles. The third-order valence-corrected chi connectivity index (χ3v) is 20.5. The average Bonchev–Trinajstić information content (AvgIpc) is 3.48. The van der Waals surface area contributed by atoms with E-state index in [9.17, 15) is 0 Å². The van der Waals surface area contributed by atoms with Crippen molar-refractivity contribution in [3.05, 3.63) is 24.3 Å². The van der Waals surface area contributed by atoms with E-state index < -0.39 is 0 Å². The van der Waals surface area contributed by atoms with Crippen LogP contribution in [-0.4, -0.2) is 0 Å². The Bertz CT molecular complexity index is 892. The molecule has 0 bridgehead atoms. The summed E-state index contributed by atoms with van der Waals surface area (Å²) in [7, 11) is 7.30. The fourth-order valence-corrected chi connectivity index (χ4v) is 14.0. The van der Waals surface area contributed by atoms with Gasteiger partial charge in [0.05, 0.1) is 36.3 Å². The molecule has 0 fully saturated rings. The van der Waals surface area contributed by atoms with Gasteiger partial charge in [0.2, 0.25) is 0 Å². The normalized spacial score (nSPS) is 12.1. The Morgan fingerprint density at radius 3 is 0.821 bits per heavy atom. The minimum absolute atomic E-state index is 1.38. The SMILES string of the molecule is ISc1cc2c(s1)-c1sc(SI)cc1-c1cc(SI)sc1-c1sc(SI)cc1-2. The molecule has 28 heavy (non-hydrogen) atoms. The topological polar surface area (TPSA) is 0 Å². The molecule has 4 aromatic heterocycles. The van der Waals surface area contributed by atoms with Crippen LogP contribution in [0, 0.1) is 0 Å². The molecule has 0 amide bonds. The van der Waals surface area contributed by atoms with Crippen molar-refractivity contribution in [1.82, 2.24) is 0 Å². The average molecular weight is 960 g/mol. The maximum Gasteiger partial charge on any atom is 0.0715 e. The minimum atomic E-state index is 1.38. The van der Waals surface area contributed by atoms with E-state index in [1.54, 1.807) is 0 Å². The van der Waals surface area contributed by atoms with Crippen molar-refractivity contribution in [3.63, 3.8) is 0 Å². The van der Waals surface area contributed by atoms with E-state index in [-0.39, 0.29) is 0 Å². The zero-order chi connectivity index (χ0) is 19.4. The van der Waals surface area contributed by atoms with Gasteiger partial charge in [-0.25, -0.2) is 0 Å². The Balaban J connectivity index is 1.91. The monoisotopic (exact) mass is 959 g/mol. The number of halogens is 4. The van der Waals surface area contributed by atoms with Gasteiger partial charge in [-0.05, 0) is 60.0 Å². The quantitative estimate of drug-likeness (QED) is 0.165. The standard InChI is InChI=1S/C16H4I4S8/c17-25-9-1-5-6-2-10(26-18)22-14(6)16-8(4-12(24-16)28-20)7-3-11(27-19)23-15(7)13(5)21-9/h1-4H. The van der Waals surface area contributed by atoms with Gasteiger partial charge in [-0.15, -0.1) is 45.3 Å². The summed E-state index contributed by atoms with van der Waals surface area (Å²) in [6.07, 6.45) is 0. The highest BCUT2D eigenvalue weighted by Crippen LogP contribution is 2.60. The molecule has 0 atom stereocenters. The zero-order valence-corrected chi connectivity index (χ0v) is 28.2. The lowest BCUT2D eigenvalue weighted by Crippen LogP contribution is -1.85. The second-order valence-corrected chi connectivity index (χ2v) is 18.4. The molecule has 12 heteroatoms. The lowest BCUT2D eigenvalue weighted by Gasteiger charge is -2.11. The van der Waals surface area contributed by atoms with Crippen LogP contribution in [0.3, 0.4) is 0 Å². The predicted octanol–water partition coefficient (Wildman–Crippen LogP) is 12.7. The van der Waals surface area contributed by atoms with E-state index in [4.69, 9.17) is 0 Å². The van der Waals surface area contributed by atoms with Crippen molar-refractivity contribution >= 4 is 166 Å². The summed E-state index contributed by atoms with van der Waals surface area (Å²) in [5, 5.41) is 0. The fourth-order valence-electron chi connectivity index (χ4n) is 3.10. The van der Waals surface area contributed by atoms with E-state index in [2.05, 4.69) is 109 Å². The van der Waals surface area contributed by atoms with Crippen molar-refractivity contribution in [1.29, 1.82) is 0 Å². The van der Waals surface area contributed by atoms with Crippen LogP contribution in [-0.2, 0) is 0 Å². The zero-order valence-electron chi connectivity index (χ0n) is 13.1. The molecule has 0 aliphatic heterocycles. The number of fused-ring (bicyclic) bond motifs is 8. The molecule has 0 aromatic carbocycles. The van der Waals surface area contributed by atoms with Gasteiger partial charge in [0.1, 0.15) is 0 Å². The summed E-state index contributed by atoms with van der Waals surface area (Å²) in [5.41, 5.74) is 5.62. The summed E-state index contributed by atoms with van der Waals surface area (Å²) < 4.78 is 5.51. The van der Waals surface area contributed by atoms with Crippen LogP contribution in [0.5, 0.6) is 0 Å². The molecule has 0 spiro atoms. The van der Waals surface area contributed by atoms with Crippen LogP contribution >= 0.6 is 166 Å². The lowest BCUT2D eigenvalue weighted by atomic mass is 9.97. The number of hydrogen-bond acceptors (Lipinski definition) is 8.